The van der Waals surface area contributed by atoms with Crippen LogP contribution in [0.5, 0.6) is 0 Å². The van der Waals surface area contributed by atoms with Crippen molar-refractivity contribution < 1.29 is 9.90 Å². The Morgan fingerprint density at radius 3 is 2.76 bits per heavy atom. The third-order valence-electron chi connectivity index (χ3n) is 2.87. The first-order valence-electron chi connectivity index (χ1n) is 6.45. The van der Waals surface area contributed by atoms with E-state index in [1.165, 1.54) is 4.68 Å². The second-order valence-electron chi connectivity index (χ2n) is 5.39. The number of halogens is 1. The lowest BCUT2D eigenvalue weighted by molar-refractivity contribution is -0.116. The van der Waals surface area contributed by atoms with Gasteiger partial charge in [-0.15, -0.1) is 5.10 Å². The van der Waals surface area contributed by atoms with E-state index in [-0.39, 0.29) is 12.5 Å². The molecule has 7 heteroatoms. The Morgan fingerprint density at radius 2 is 2.19 bits per heavy atom. The number of benzene rings is 1. The number of aryl methyl sites for hydroxylation is 1. The lowest BCUT2D eigenvalue weighted by Crippen LogP contribution is -2.19. The highest BCUT2D eigenvalue weighted by atomic mass is 79.9. The molecule has 2 aromatic rings. The van der Waals surface area contributed by atoms with Gasteiger partial charge < -0.3 is 10.4 Å². The second kappa shape index (κ2) is 5.95. The highest BCUT2D eigenvalue weighted by Crippen LogP contribution is 2.23. The van der Waals surface area contributed by atoms with Crippen LogP contribution in [-0.2, 0) is 16.9 Å². The molecule has 112 valence electrons. The Hall–Kier alpha value is -1.73. The molecule has 21 heavy (non-hydrogen) atoms. The van der Waals surface area contributed by atoms with Crippen LogP contribution in [0.1, 0.15) is 25.1 Å². The monoisotopic (exact) mass is 352 g/mol. The molecule has 0 radical (unpaired) electrons. The number of anilines is 1. The van der Waals surface area contributed by atoms with E-state index in [1.807, 2.05) is 25.1 Å². The lowest BCUT2D eigenvalue weighted by Gasteiger charge is -2.11. The number of aromatic nitrogens is 3. The van der Waals surface area contributed by atoms with Gasteiger partial charge >= 0.3 is 0 Å². The van der Waals surface area contributed by atoms with Gasteiger partial charge in [0.2, 0.25) is 5.91 Å². The largest absolute Gasteiger partial charge is 0.384 e. The molecule has 0 aliphatic carbocycles. The van der Waals surface area contributed by atoms with Gasteiger partial charge in [-0.1, -0.05) is 11.3 Å². The van der Waals surface area contributed by atoms with E-state index in [1.54, 1.807) is 20.0 Å². The summed E-state index contributed by atoms with van der Waals surface area (Å²) in [6, 6.07) is 5.68. The van der Waals surface area contributed by atoms with Crippen LogP contribution in [0.25, 0.3) is 0 Å². The van der Waals surface area contributed by atoms with Gasteiger partial charge in [0.1, 0.15) is 17.8 Å². The Balaban J connectivity index is 2.03. The minimum Gasteiger partial charge on any atom is -0.384 e. The van der Waals surface area contributed by atoms with Crippen LogP contribution in [0.4, 0.5) is 5.69 Å². The van der Waals surface area contributed by atoms with Crippen molar-refractivity contribution in [2.24, 2.45) is 0 Å². The normalized spacial score (nSPS) is 11.5. The zero-order valence-corrected chi connectivity index (χ0v) is 13.7. The number of amides is 1. The van der Waals surface area contributed by atoms with Gasteiger partial charge in [0.05, 0.1) is 11.9 Å². The van der Waals surface area contributed by atoms with Crippen molar-refractivity contribution in [2.75, 3.05) is 5.32 Å². The van der Waals surface area contributed by atoms with Crippen LogP contribution in [0.2, 0.25) is 0 Å². The smallest absolute Gasteiger partial charge is 0.246 e. The predicted octanol–water partition coefficient (Wildman–Crippen LogP) is 2.22. The molecule has 1 aromatic heterocycles. The van der Waals surface area contributed by atoms with Crippen LogP contribution in [0.3, 0.4) is 0 Å². The van der Waals surface area contributed by atoms with Gasteiger partial charge in [0.25, 0.3) is 0 Å². The minimum atomic E-state index is -1.07. The van der Waals surface area contributed by atoms with Gasteiger partial charge in [-0.2, -0.15) is 0 Å². The fourth-order valence-corrected chi connectivity index (χ4v) is 2.31. The predicted molar refractivity (Wildman–Crippen MR) is 82.8 cm³/mol. The summed E-state index contributed by atoms with van der Waals surface area (Å²) < 4.78 is 2.22. The van der Waals surface area contributed by atoms with Crippen LogP contribution in [0.15, 0.2) is 28.9 Å². The standard InChI is InChI=1S/C14H17BrN4O2/c1-9-4-5-11(10(15)6-9)16-13(20)8-19-7-12(17-18-19)14(2,3)21/h4-7,21H,8H2,1-3H3,(H,16,20). The van der Waals surface area contributed by atoms with Gasteiger partial charge in [0.15, 0.2) is 0 Å². The maximum atomic E-state index is 12.0. The van der Waals surface area contributed by atoms with Crippen LogP contribution in [0, 0.1) is 6.92 Å². The minimum absolute atomic E-state index is 0.0311. The molecule has 0 saturated carbocycles. The molecule has 6 nitrogen and oxygen atoms in total. The molecule has 0 aliphatic heterocycles. The molecule has 0 saturated heterocycles. The van der Waals surface area contributed by atoms with E-state index in [0.29, 0.717) is 11.4 Å². The highest BCUT2D eigenvalue weighted by Gasteiger charge is 2.20. The molecule has 0 spiro atoms. The van der Waals surface area contributed by atoms with E-state index in [4.69, 9.17) is 0 Å². The zero-order chi connectivity index (χ0) is 15.6. The first kappa shape index (κ1) is 15.7. The third-order valence-corrected chi connectivity index (χ3v) is 3.53. The number of nitrogens with one attached hydrogen (secondary N) is 1. The van der Waals surface area contributed by atoms with Crippen LogP contribution in [-0.4, -0.2) is 26.0 Å². The topological polar surface area (TPSA) is 80.0 Å². The molecule has 1 heterocycles. The number of hydrogen-bond acceptors (Lipinski definition) is 4. The number of carbonyl (C=O) groups excluding carboxylic acids is 1. The van der Waals surface area contributed by atoms with E-state index >= 15 is 0 Å². The first-order chi connectivity index (χ1) is 9.75. The SMILES string of the molecule is Cc1ccc(NC(=O)Cn2cc(C(C)(C)O)nn2)c(Br)c1. The van der Waals surface area contributed by atoms with Crippen molar-refractivity contribution in [1.82, 2.24) is 15.0 Å². The van der Waals surface area contributed by atoms with E-state index in [2.05, 4.69) is 31.6 Å². The quantitative estimate of drug-likeness (QED) is 0.883. The maximum absolute atomic E-state index is 12.0. The molecule has 0 atom stereocenters. The summed E-state index contributed by atoms with van der Waals surface area (Å²) in [6.45, 7) is 5.24. The summed E-state index contributed by atoms with van der Waals surface area (Å²) in [5.41, 5.74) is 1.15. The second-order valence-corrected chi connectivity index (χ2v) is 6.25. The van der Waals surface area contributed by atoms with Gasteiger partial charge in [-0.3, -0.25) is 4.79 Å². The van der Waals surface area contributed by atoms with Crippen molar-refractivity contribution in [3.05, 3.63) is 40.1 Å². The molecule has 0 fully saturated rings. The summed E-state index contributed by atoms with van der Waals surface area (Å²) in [5.74, 6) is -0.216. The third kappa shape index (κ3) is 4.12. The van der Waals surface area contributed by atoms with E-state index in [9.17, 15) is 9.90 Å². The number of hydrogen-bond donors (Lipinski definition) is 2. The summed E-state index contributed by atoms with van der Waals surface area (Å²) >= 11 is 3.41. The maximum Gasteiger partial charge on any atom is 0.246 e. The number of aliphatic hydroxyl groups is 1. The molecule has 2 rings (SSSR count). The Morgan fingerprint density at radius 1 is 1.48 bits per heavy atom. The van der Waals surface area contributed by atoms with E-state index < -0.39 is 5.60 Å². The molecule has 0 aliphatic rings. The van der Waals surface area contributed by atoms with Crippen molar-refractivity contribution in [3.8, 4) is 0 Å². The molecular weight excluding hydrogens is 336 g/mol. The molecular formula is C14H17BrN4O2. The summed E-state index contributed by atoms with van der Waals surface area (Å²) in [4.78, 5) is 12.0. The lowest BCUT2D eigenvalue weighted by atomic mass is 10.1. The molecule has 2 N–H and O–H groups in total. The van der Waals surface area contributed by atoms with Crippen LogP contribution >= 0.6 is 15.9 Å². The van der Waals surface area contributed by atoms with Crippen molar-refractivity contribution in [1.29, 1.82) is 0 Å². The zero-order valence-electron chi connectivity index (χ0n) is 12.1. The van der Waals surface area contributed by atoms with Gasteiger partial charge in [-0.25, -0.2) is 4.68 Å². The fraction of sp³-hybridized carbons (Fsp3) is 0.357. The first-order valence-corrected chi connectivity index (χ1v) is 7.24. The molecule has 1 aromatic carbocycles. The van der Waals surface area contributed by atoms with Crippen molar-refractivity contribution in [2.45, 2.75) is 32.9 Å². The molecule has 0 bridgehead atoms. The van der Waals surface area contributed by atoms with Gasteiger partial charge in [0, 0.05) is 4.47 Å². The van der Waals surface area contributed by atoms with Gasteiger partial charge in [-0.05, 0) is 54.4 Å². The Kier molecular flexibility index (Phi) is 4.43. The molecule has 0 unspecified atom stereocenters. The van der Waals surface area contributed by atoms with Crippen molar-refractivity contribution in [3.63, 3.8) is 0 Å². The number of rotatable bonds is 4. The average Bonchev–Trinajstić information content (AvgIpc) is 2.81. The summed E-state index contributed by atoms with van der Waals surface area (Å²) in [5, 5.41) is 20.3. The molecule has 1 amide bonds. The average molecular weight is 353 g/mol. The van der Waals surface area contributed by atoms with Crippen LogP contribution < -0.4 is 5.32 Å². The Labute approximate surface area is 131 Å². The van der Waals surface area contributed by atoms with Crippen molar-refractivity contribution >= 4 is 27.5 Å². The summed E-state index contributed by atoms with van der Waals surface area (Å²) in [7, 11) is 0. The number of carbonyl (C=O) groups is 1. The fourth-order valence-electron chi connectivity index (χ4n) is 1.71. The summed E-state index contributed by atoms with van der Waals surface area (Å²) in [6.07, 6.45) is 1.56. The van der Waals surface area contributed by atoms with E-state index in [0.717, 1.165) is 10.0 Å². The number of nitrogens with zero attached hydrogens (tertiary/aromatic N) is 3. The highest BCUT2D eigenvalue weighted by molar-refractivity contribution is 9.10. The Bertz CT molecular complexity index is 661.